The van der Waals surface area contributed by atoms with Crippen molar-refractivity contribution in [1.82, 2.24) is 10.2 Å². The summed E-state index contributed by atoms with van der Waals surface area (Å²) >= 11 is 0. The van der Waals surface area contributed by atoms with Crippen molar-refractivity contribution < 1.29 is 27.7 Å². The zero-order valence-electron chi connectivity index (χ0n) is 23.9. The number of hydrogen-bond donors (Lipinski definition) is 1. The highest BCUT2D eigenvalue weighted by molar-refractivity contribution is 7.92. The van der Waals surface area contributed by atoms with Gasteiger partial charge in [0.15, 0.2) is 0 Å². The van der Waals surface area contributed by atoms with E-state index in [2.05, 4.69) is 5.32 Å². The standard InChI is InChI=1S/C30H36N4O7S/c1-4-5-18-31-30(36)27(19-23-12-8-6-9-13-23)32(21-24-14-10-7-11-15-24)29(35)22-33(42(3,39)40)26-20-25(34(37)38)16-17-28(26)41-2/h6-17,20,27H,4-5,18-19,21-22H2,1-3H3,(H,31,36)/t27-/m1/s1. The van der Waals surface area contributed by atoms with Crippen LogP contribution in [0.25, 0.3) is 0 Å². The first kappa shape index (κ1) is 32.1. The zero-order valence-corrected chi connectivity index (χ0v) is 24.7. The quantitative estimate of drug-likeness (QED) is 0.159. The molecule has 0 saturated heterocycles. The Balaban J connectivity index is 2.08. The van der Waals surface area contributed by atoms with Crippen molar-refractivity contribution >= 4 is 33.2 Å². The summed E-state index contributed by atoms with van der Waals surface area (Å²) in [6.07, 6.45) is 2.71. The maximum Gasteiger partial charge on any atom is 0.271 e. The minimum absolute atomic E-state index is 0.0298. The molecule has 0 heterocycles. The number of sulfonamides is 1. The van der Waals surface area contributed by atoms with Crippen LogP contribution in [-0.4, -0.2) is 62.6 Å². The molecular formula is C30H36N4O7S. The molecule has 0 bridgehead atoms. The van der Waals surface area contributed by atoms with E-state index in [4.69, 9.17) is 4.74 Å². The summed E-state index contributed by atoms with van der Waals surface area (Å²) in [5, 5.41) is 14.4. The molecule has 1 atom stereocenters. The van der Waals surface area contributed by atoms with Gasteiger partial charge >= 0.3 is 0 Å². The van der Waals surface area contributed by atoms with Gasteiger partial charge in [-0.3, -0.25) is 24.0 Å². The summed E-state index contributed by atoms with van der Waals surface area (Å²) in [5.41, 5.74) is 1.03. The Labute approximate surface area is 246 Å². The molecule has 3 aromatic rings. The number of ether oxygens (including phenoxy) is 1. The van der Waals surface area contributed by atoms with Crippen molar-refractivity contribution in [3.63, 3.8) is 0 Å². The Hall–Kier alpha value is -4.45. The fraction of sp³-hybridized carbons (Fsp3) is 0.333. The molecule has 0 aromatic heterocycles. The monoisotopic (exact) mass is 596 g/mol. The molecule has 1 N–H and O–H groups in total. The van der Waals surface area contributed by atoms with Gasteiger partial charge in [0.05, 0.1) is 18.3 Å². The Kier molecular flexibility index (Phi) is 11.4. The number of carbonyl (C=O) groups excluding carboxylic acids is 2. The lowest BCUT2D eigenvalue weighted by Crippen LogP contribution is -2.53. The molecule has 0 unspecified atom stereocenters. The molecule has 3 rings (SSSR count). The number of rotatable bonds is 15. The molecule has 11 nitrogen and oxygen atoms in total. The molecule has 42 heavy (non-hydrogen) atoms. The number of non-ortho nitro benzene ring substituents is 1. The second-order valence-electron chi connectivity index (χ2n) is 9.74. The Bertz CT molecular complexity index is 1470. The van der Waals surface area contributed by atoms with Gasteiger partial charge in [-0.2, -0.15) is 0 Å². The number of anilines is 1. The first-order chi connectivity index (χ1) is 20.0. The summed E-state index contributed by atoms with van der Waals surface area (Å²) in [6.45, 7) is 1.74. The number of unbranched alkanes of at least 4 members (excludes halogenated alkanes) is 1. The van der Waals surface area contributed by atoms with E-state index < -0.39 is 33.4 Å². The van der Waals surface area contributed by atoms with Gasteiger partial charge < -0.3 is 15.0 Å². The molecule has 12 heteroatoms. The van der Waals surface area contributed by atoms with Crippen LogP contribution >= 0.6 is 0 Å². The van der Waals surface area contributed by atoms with Crippen molar-refractivity contribution in [3.8, 4) is 5.75 Å². The Morgan fingerprint density at radius 2 is 1.62 bits per heavy atom. The molecular weight excluding hydrogens is 560 g/mol. The lowest BCUT2D eigenvalue weighted by Gasteiger charge is -2.33. The topological polar surface area (TPSA) is 139 Å². The summed E-state index contributed by atoms with van der Waals surface area (Å²) in [6, 6.07) is 20.8. The van der Waals surface area contributed by atoms with E-state index in [0.717, 1.165) is 40.6 Å². The molecule has 0 fully saturated rings. The number of carbonyl (C=O) groups is 2. The van der Waals surface area contributed by atoms with E-state index in [0.29, 0.717) is 6.54 Å². The lowest BCUT2D eigenvalue weighted by molar-refractivity contribution is -0.384. The van der Waals surface area contributed by atoms with E-state index >= 15 is 0 Å². The Morgan fingerprint density at radius 1 is 1.00 bits per heavy atom. The van der Waals surface area contributed by atoms with E-state index in [1.807, 2.05) is 67.6 Å². The number of amides is 2. The summed E-state index contributed by atoms with van der Waals surface area (Å²) < 4.78 is 32.1. The smallest absolute Gasteiger partial charge is 0.271 e. The Morgan fingerprint density at radius 3 is 2.17 bits per heavy atom. The van der Waals surface area contributed by atoms with Crippen LogP contribution in [0.3, 0.4) is 0 Å². The lowest BCUT2D eigenvalue weighted by atomic mass is 10.0. The third kappa shape index (κ3) is 8.77. The van der Waals surface area contributed by atoms with Gasteiger partial charge in [0.1, 0.15) is 24.0 Å². The van der Waals surface area contributed by atoms with Crippen LogP contribution in [-0.2, 0) is 32.6 Å². The molecule has 0 spiro atoms. The third-order valence-electron chi connectivity index (χ3n) is 6.62. The van der Waals surface area contributed by atoms with Crippen LogP contribution in [0.4, 0.5) is 11.4 Å². The first-order valence-corrected chi connectivity index (χ1v) is 15.3. The van der Waals surface area contributed by atoms with Crippen LogP contribution in [0.1, 0.15) is 30.9 Å². The predicted octanol–water partition coefficient (Wildman–Crippen LogP) is 3.93. The average Bonchev–Trinajstić information content (AvgIpc) is 2.97. The van der Waals surface area contributed by atoms with Crippen molar-refractivity contribution in [2.24, 2.45) is 0 Å². The van der Waals surface area contributed by atoms with Crippen LogP contribution < -0.4 is 14.4 Å². The van der Waals surface area contributed by atoms with Crippen LogP contribution in [0.2, 0.25) is 0 Å². The van der Waals surface area contributed by atoms with Gasteiger partial charge in [-0.25, -0.2) is 8.42 Å². The molecule has 0 aliphatic carbocycles. The summed E-state index contributed by atoms with van der Waals surface area (Å²) in [4.78, 5) is 39.9. The summed E-state index contributed by atoms with van der Waals surface area (Å²) in [5.74, 6) is -0.994. The normalized spacial score (nSPS) is 11.8. The number of benzene rings is 3. The highest BCUT2D eigenvalue weighted by atomic mass is 32.2. The molecule has 0 saturated carbocycles. The van der Waals surface area contributed by atoms with Gasteiger partial charge in [-0.15, -0.1) is 0 Å². The minimum Gasteiger partial charge on any atom is -0.495 e. The van der Waals surface area contributed by atoms with Crippen molar-refractivity contribution in [2.45, 2.75) is 38.8 Å². The highest BCUT2D eigenvalue weighted by Gasteiger charge is 2.34. The molecule has 224 valence electrons. The van der Waals surface area contributed by atoms with Crippen LogP contribution in [0.5, 0.6) is 5.75 Å². The molecule has 2 amide bonds. The average molecular weight is 597 g/mol. The van der Waals surface area contributed by atoms with Crippen molar-refractivity contribution in [1.29, 1.82) is 0 Å². The summed E-state index contributed by atoms with van der Waals surface area (Å²) in [7, 11) is -2.84. The first-order valence-electron chi connectivity index (χ1n) is 13.5. The number of nitrogens with one attached hydrogen (secondary N) is 1. The van der Waals surface area contributed by atoms with Crippen LogP contribution in [0.15, 0.2) is 78.9 Å². The van der Waals surface area contributed by atoms with Crippen LogP contribution in [0, 0.1) is 10.1 Å². The molecule has 3 aromatic carbocycles. The predicted molar refractivity (Wildman–Crippen MR) is 161 cm³/mol. The number of nitro groups is 1. The zero-order chi connectivity index (χ0) is 30.7. The van der Waals surface area contributed by atoms with E-state index in [9.17, 15) is 28.1 Å². The maximum atomic E-state index is 14.1. The van der Waals surface area contributed by atoms with Crippen molar-refractivity contribution in [3.05, 3.63) is 100 Å². The van der Waals surface area contributed by atoms with Gasteiger partial charge in [0.25, 0.3) is 5.69 Å². The SMILES string of the molecule is CCCCNC(=O)[C@@H](Cc1ccccc1)N(Cc1ccccc1)C(=O)CN(c1cc([N+](=O)[O-])ccc1OC)S(C)(=O)=O. The van der Waals surface area contributed by atoms with Gasteiger partial charge in [-0.05, 0) is 23.6 Å². The molecule has 0 radical (unpaired) electrons. The minimum atomic E-state index is -4.13. The largest absolute Gasteiger partial charge is 0.495 e. The van der Waals surface area contributed by atoms with Gasteiger partial charge in [0, 0.05) is 31.6 Å². The van der Waals surface area contributed by atoms with E-state index in [-0.39, 0.29) is 36.0 Å². The highest BCUT2D eigenvalue weighted by Crippen LogP contribution is 2.34. The van der Waals surface area contributed by atoms with Gasteiger partial charge in [0.2, 0.25) is 21.8 Å². The third-order valence-corrected chi connectivity index (χ3v) is 7.74. The molecule has 0 aliphatic heterocycles. The molecule has 0 aliphatic rings. The van der Waals surface area contributed by atoms with Gasteiger partial charge in [-0.1, -0.05) is 74.0 Å². The number of hydrogen-bond acceptors (Lipinski definition) is 7. The maximum absolute atomic E-state index is 14.1. The fourth-order valence-electron chi connectivity index (χ4n) is 4.42. The fourth-order valence-corrected chi connectivity index (χ4v) is 5.27. The van der Waals surface area contributed by atoms with E-state index in [1.54, 1.807) is 0 Å². The number of nitro benzene ring substituents is 1. The van der Waals surface area contributed by atoms with Crippen molar-refractivity contribution in [2.75, 3.05) is 30.8 Å². The van der Waals surface area contributed by atoms with E-state index in [1.165, 1.54) is 24.1 Å². The second-order valence-corrected chi connectivity index (χ2v) is 11.6. The number of methoxy groups -OCH3 is 1. The second kappa shape index (κ2) is 15.0. The number of nitrogens with zero attached hydrogens (tertiary/aromatic N) is 3.